The Kier molecular flexibility index (Phi) is 9.15. The Morgan fingerprint density at radius 1 is 1.00 bits per heavy atom. The van der Waals surface area contributed by atoms with Gasteiger partial charge < -0.3 is 19.5 Å². The standard InChI is InChI=1S/C21H23Cl2NO6S/c1-5-8-30-16-13(22)9-12(10-14(16)23)18(25)24-19-15(20(26)28-6-2)11(4)17(31-19)21(27)29-7-3/h9-10H,5-8H2,1-4H3,(H,24,25). The van der Waals surface area contributed by atoms with Crippen LogP contribution in [-0.2, 0) is 9.47 Å². The summed E-state index contributed by atoms with van der Waals surface area (Å²) in [6.45, 7) is 7.62. The minimum Gasteiger partial charge on any atom is -0.490 e. The third-order valence-electron chi connectivity index (χ3n) is 4.03. The molecule has 0 aliphatic rings. The topological polar surface area (TPSA) is 90.9 Å². The van der Waals surface area contributed by atoms with Gasteiger partial charge in [0, 0.05) is 5.56 Å². The van der Waals surface area contributed by atoms with Crippen molar-refractivity contribution in [3.63, 3.8) is 0 Å². The van der Waals surface area contributed by atoms with E-state index < -0.39 is 17.8 Å². The molecule has 1 aromatic heterocycles. The smallest absolute Gasteiger partial charge is 0.348 e. The molecule has 2 rings (SSSR count). The molecule has 1 amide bonds. The summed E-state index contributed by atoms with van der Waals surface area (Å²) in [5.74, 6) is -1.50. The molecule has 10 heteroatoms. The first kappa shape index (κ1) is 25.0. The van der Waals surface area contributed by atoms with Crippen molar-refractivity contribution in [2.24, 2.45) is 0 Å². The van der Waals surface area contributed by atoms with Gasteiger partial charge in [-0.2, -0.15) is 0 Å². The maximum Gasteiger partial charge on any atom is 0.348 e. The number of benzene rings is 1. The number of carbonyl (C=O) groups excluding carboxylic acids is 3. The van der Waals surface area contributed by atoms with Crippen LogP contribution in [0.1, 0.15) is 63.1 Å². The third-order valence-corrected chi connectivity index (χ3v) is 5.77. The molecular weight excluding hydrogens is 465 g/mol. The quantitative estimate of drug-likeness (QED) is 0.452. The Hall–Kier alpha value is -2.29. The van der Waals surface area contributed by atoms with E-state index in [4.69, 9.17) is 37.4 Å². The van der Waals surface area contributed by atoms with E-state index in [-0.39, 0.29) is 44.3 Å². The van der Waals surface area contributed by atoms with Crippen molar-refractivity contribution in [2.45, 2.75) is 34.1 Å². The first-order chi connectivity index (χ1) is 14.7. The van der Waals surface area contributed by atoms with Gasteiger partial charge in [-0.3, -0.25) is 4.79 Å². The average molecular weight is 488 g/mol. The molecule has 1 N–H and O–H groups in total. The summed E-state index contributed by atoms with van der Waals surface area (Å²) in [7, 11) is 0. The number of halogens is 2. The van der Waals surface area contributed by atoms with E-state index in [0.717, 1.165) is 17.8 Å². The molecule has 0 unspecified atom stereocenters. The van der Waals surface area contributed by atoms with E-state index in [2.05, 4.69) is 5.32 Å². The van der Waals surface area contributed by atoms with Crippen LogP contribution < -0.4 is 10.1 Å². The lowest BCUT2D eigenvalue weighted by Gasteiger charge is -2.11. The minimum absolute atomic E-state index is 0.100. The summed E-state index contributed by atoms with van der Waals surface area (Å²) in [4.78, 5) is 37.8. The number of hydrogen-bond donors (Lipinski definition) is 1. The van der Waals surface area contributed by atoms with Gasteiger partial charge in [-0.1, -0.05) is 30.1 Å². The molecule has 0 spiro atoms. The lowest BCUT2D eigenvalue weighted by molar-refractivity contribution is 0.0527. The zero-order valence-electron chi connectivity index (χ0n) is 17.6. The highest BCUT2D eigenvalue weighted by molar-refractivity contribution is 7.18. The Morgan fingerprint density at radius 3 is 2.13 bits per heavy atom. The van der Waals surface area contributed by atoms with Gasteiger partial charge in [0.2, 0.25) is 0 Å². The number of hydrogen-bond acceptors (Lipinski definition) is 7. The van der Waals surface area contributed by atoms with Crippen molar-refractivity contribution in [1.29, 1.82) is 0 Å². The summed E-state index contributed by atoms with van der Waals surface area (Å²) < 4.78 is 15.6. The third kappa shape index (κ3) is 5.90. The molecule has 31 heavy (non-hydrogen) atoms. The lowest BCUT2D eigenvalue weighted by atomic mass is 10.1. The van der Waals surface area contributed by atoms with Crippen LogP contribution >= 0.6 is 34.5 Å². The van der Waals surface area contributed by atoms with Crippen molar-refractivity contribution >= 4 is 57.4 Å². The number of amides is 1. The minimum atomic E-state index is -0.651. The van der Waals surface area contributed by atoms with E-state index in [9.17, 15) is 14.4 Å². The van der Waals surface area contributed by atoms with Gasteiger partial charge in [-0.15, -0.1) is 11.3 Å². The number of esters is 2. The maximum absolute atomic E-state index is 12.9. The molecule has 0 saturated heterocycles. The molecule has 1 heterocycles. The molecule has 0 saturated carbocycles. The molecule has 0 atom stereocenters. The molecule has 168 valence electrons. The summed E-state index contributed by atoms with van der Waals surface area (Å²) >= 11 is 13.4. The van der Waals surface area contributed by atoms with Gasteiger partial charge in [0.25, 0.3) is 5.91 Å². The predicted molar refractivity (Wildman–Crippen MR) is 121 cm³/mol. The van der Waals surface area contributed by atoms with Gasteiger partial charge in [0.15, 0.2) is 5.75 Å². The van der Waals surface area contributed by atoms with E-state index in [0.29, 0.717) is 17.9 Å². The molecule has 0 fully saturated rings. The lowest BCUT2D eigenvalue weighted by Crippen LogP contribution is -2.15. The first-order valence-electron chi connectivity index (χ1n) is 9.65. The van der Waals surface area contributed by atoms with Crippen LogP contribution in [0.3, 0.4) is 0 Å². The Morgan fingerprint density at radius 2 is 1.58 bits per heavy atom. The molecule has 7 nitrogen and oxygen atoms in total. The van der Waals surface area contributed by atoms with Crippen LogP contribution in [0.5, 0.6) is 5.75 Å². The summed E-state index contributed by atoms with van der Waals surface area (Å²) in [5.41, 5.74) is 0.636. The number of ether oxygens (including phenoxy) is 3. The van der Waals surface area contributed by atoms with Crippen molar-refractivity contribution in [3.8, 4) is 5.75 Å². The molecule has 0 bridgehead atoms. The van der Waals surface area contributed by atoms with Crippen LogP contribution in [-0.4, -0.2) is 37.7 Å². The molecule has 0 aliphatic heterocycles. The average Bonchev–Trinajstić information content (AvgIpc) is 3.03. The monoisotopic (exact) mass is 487 g/mol. The number of nitrogens with one attached hydrogen (secondary N) is 1. The summed E-state index contributed by atoms with van der Waals surface area (Å²) in [6.07, 6.45) is 0.770. The normalized spacial score (nSPS) is 10.5. The van der Waals surface area contributed by atoms with Crippen LogP contribution in [0, 0.1) is 6.92 Å². The highest BCUT2D eigenvalue weighted by atomic mass is 35.5. The second-order valence-corrected chi connectivity index (χ2v) is 8.11. The van der Waals surface area contributed by atoms with Crippen LogP contribution in [0.2, 0.25) is 10.0 Å². The number of thiophene rings is 1. The van der Waals surface area contributed by atoms with Crippen LogP contribution in [0.4, 0.5) is 5.00 Å². The highest BCUT2D eigenvalue weighted by Crippen LogP contribution is 2.37. The summed E-state index contributed by atoms with van der Waals surface area (Å²) in [5, 5.41) is 3.20. The van der Waals surface area contributed by atoms with E-state index >= 15 is 0 Å². The first-order valence-corrected chi connectivity index (χ1v) is 11.2. The fourth-order valence-electron chi connectivity index (χ4n) is 2.65. The number of carbonyl (C=O) groups is 3. The second-order valence-electron chi connectivity index (χ2n) is 6.27. The van der Waals surface area contributed by atoms with Gasteiger partial charge in [0.1, 0.15) is 9.88 Å². The molecular formula is C21H23Cl2NO6S. The van der Waals surface area contributed by atoms with Crippen LogP contribution in [0.15, 0.2) is 12.1 Å². The molecule has 2 aromatic rings. The molecule has 1 aromatic carbocycles. The van der Waals surface area contributed by atoms with Crippen molar-refractivity contribution in [2.75, 3.05) is 25.1 Å². The highest BCUT2D eigenvalue weighted by Gasteiger charge is 2.28. The second kappa shape index (κ2) is 11.4. The molecule has 0 radical (unpaired) electrons. The van der Waals surface area contributed by atoms with E-state index in [1.807, 2.05) is 6.92 Å². The van der Waals surface area contributed by atoms with Crippen molar-refractivity contribution < 1.29 is 28.6 Å². The van der Waals surface area contributed by atoms with E-state index in [1.54, 1.807) is 20.8 Å². The zero-order chi connectivity index (χ0) is 23.1. The van der Waals surface area contributed by atoms with Gasteiger partial charge in [0.05, 0.1) is 35.4 Å². The number of anilines is 1. The molecule has 0 aliphatic carbocycles. The maximum atomic E-state index is 12.9. The SMILES string of the molecule is CCCOc1c(Cl)cc(C(=O)Nc2sc(C(=O)OCC)c(C)c2C(=O)OCC)cc1Cl. The van der Waals surface area contributed by atoms with E-state index in [1.165, 1.54) is 12.1 Å². The van der Waals surface area contributed by atoms with Crippen molar-refractivity contribution in [1.82, 2.24) is 0 Å². The van der Waals surface area contributed by atoms with Crippen LogP contribution in [0.25, 0.3) is 0 Å². The summed E-state index contributed by atoms with van der Waals surface area (Å²) in [6, 6.07) is 2.84. The fraction of sp³-hybridized carbons (Fsp3) is 0.381. The Balaban J connectivity index is 2.40. The van der Waals surface area contributed by atoms with Gasteiger partial charge >= 0.3 is 11.9 Å². The Labute approximate surface area is 194 Å². The number of rotatable bonds is 9. The largest absolute Gasteiger partial charge is 0.490 e. The predicted octanol–water partition coefficient (Wildman–Crippen LogP) is 5.76. The van der Waals surface area contributed by atoms with Gasteiger partial charge in [-0.05, 0) is 44.9 Å². The van der Waals surface area contributed by atoms with Gasteiger partial charge in [-0.25, -0.2) is 9.59 Å². The Bertz CT molecular complexity index is 965. The fourth-order valence-corrected chi connectivity index (χ4v) is 4.33. The zero-order valence-corrected chi connectivity index (χ0v) is 19.9. The van der Waals surface area contributed by atoms with Crippen molar-refractivity contribution in [3.05, 3.63) is 43.7 Å².